The molecule has 0 amide bonds. The second-order valence-electron chi connectivity index (χ2n) is 3.13. The van der Waals surface area contributed by atoms with Crippen LogP contribution in [0.1, 0.15) is 11.6 Å². The number of nitrogens with two attached hydrogens (primary N) is 1. The van der Waals surface area contributed by atoms with Gasteiger partial charge in [0.1, 0.15) is 6.04 Å². The Morgan fingerprint density at radius 1 is 1.20 bits per heavy atom. The minimum atomic E-state index is -4.30. The molecule has 0 aliphatic rings. The van der Waals surface area contributed by atoms with Crippen molar-refractivity contribution in [1.29, 1.82) is 0 Å². The minimum Gasteiger partial charge on any atom is -0.329 e. The highest BCUT2D eigenvalue weighted by Crippen LogP contribution is 2.32. The number of alkyl halides is 3. The molecule has 0 aliphatic carbocycles. The van der Waals surface area contributed by atoms with Gasteiger partial charge in [0.15, 0.2) is 0 Å². The first kappa shape index (κ1) is 12.0. The van der Waals surface area contributed by atoms with Crippen LogP contribution in [0.5, 0.6) is 0 Å². The van der Waals surface area contributed by atoms with Crippen molar-refractivity contribution in [3.8, 4) is 0 Å². The van der Waals surface area contributed by atoms with Crippen LogP contribution < -0.4 is 11.1 Å². The zero-order valence-electron chi connectivity index (χ0n) is 8.09. The number of hydrogen-bond acceptors (Lipinski definition) is 2. The molecule has 1 aromatic rings. The first-order valence-corrected chi connectivity index (χ1v) is 4.61. The van der Waals surface area contributed by atoms with Crippen molar-refractivity contribution in [3.63, 3.8) is 0 Å². The molecule has 0 fully saturated rings. The standard InChI is InChI=1S/C10H13F3N2/c11-10(12,13)9(15-7-6-14)8-4-2-1-3-5-8/h1-5,9,15H,6-7,14H2. The van der Waals surface area contributed by atoms with Crippen LogP contribution >= 0.6 is 0 Å². The van der Waals surface area contributed by atoms with E-state index in [4.69, 9.17) is 5.73 Å². The van der Waals surface area contributed by atoms with Crippen molar-refractivity contribution in [2.75, 3.05) is 13.1 Å². The summed E-state index contributed by atoms with van der Waals surface area (Å²) in [6.07, 6.45) is -4.30. The SMILES string of the molecule is NCCNC(c1ccccc1)C(F)(F)F. The number of rotatable bonds is 4. The summed E-state index contributed by atoms with van der Waals surface area (Å²) in [7, 11) is 0. The van der Waals surface area contributed by atoms with Gasteiger partial charge in [0.25, 0.3) is 0 Å². The van der Waals surface area contributed by atoms with Crippen molar-refractivity contribution in [2.45, 2.75) is 12.2 Å². The maximum atomic E-state index is 12.6. The highest BCUT2D eigenvalue weighted by molar-refractivity contribution is 5.20. The molecular weight excluding hydrogens is 205 g/mol. The van der Waals surface area contributed by atoms with Gasteiger partial charge in [-0.2, -0.15) is 13.2 Å². The number of benzene rings is 1. The van der Waals surface area contributed by atoms with E-state index in [1.807, 2.05) is 0 Å². The van der Waals surface area contributed by atoms with E-state index in [-0.39, 0.29) is 18.7 Å². The fraction of sp³-hybridized carbons (Fsp3) is 0.400. The predicted octanol–water partition coefficient (Wildman–Crippen LogP) is 1.84. The lowest BCUT2D eigenvalue weighted by Gasteiger charge is -2.21. The summed E-state index contributed by atoms with van der Waals surface area (Å²) in [6, 6.07) is 6.10. The Bertz CT molecular complexity index is 284. The third kappa shape index (κ3) is 3.53. The number of halogens is 3. The molecule has 1 unspecified atom stereocenters. The van der Waals surface area contributed by atoms with Gasteiger partial charge in [-0.25, -0.2) is 0 Å². The number of nitrogens with one attached hydrogen (secondary N) is 1. The Kier molecular flexibility index (Phi) is 4.11. The molecule has 1 atom stereocenters. The lowest BCUT2D eigenvalue weighted by molar-refractivity contribution is -0.157. The van der Waals surface area contributed by atoms with Crippen LogP contribution in [0.25, 0.3) is 0 Å². The molecule has 0 saturated carbocycles. The van der Waals surface area contributed by atoms with Gasteiger partial charge in [-0.15, -0.1) is 0 Å². The molecule has 0 spiro atoms. The second kappa shape index (κ2) is 5.14. The van der Waals surface area contributed by atoms with Gasteiger partial charge in [-0.05, 0) is 5.56 Å². The van der Waals surface area contributed by atoms with Crippen LogP contribution in [0, 0.1) is 0 Å². The van der Waals surface area contributed by atoms with Gasteiger partial charge in [-0.1, -0.05) is 30.3 Å². The van der Waals surface area contributed by atoms with E-state index in [1.165, 1.54) is 12.1 Å². The molecule has 0 heterocycles. The van der Waals surface area contributed by atoms with Gasteiger partial charge in [0.2, 0.25) is 0 Å². The highest BCUT2D eigenvalue weighted by atomic mass is 19.4. The summed E-state index contributed by atoms with van der Waals surface area (Å²) >= 11 is 0. The topological polar surface area (TPSA) is 38.0 Å². The van der Waals surface area contributed by atoms with Crippen molar-refractivity contribution >= 4 is 0 Å². The van der Waals surface area contributed by atoms with Crippen LogP contribution in [0.2, 0.25) is 0 Å². The fourth-order valence-corrected chi connectivity index (χ4v) is 1.30. The molecule has 0 radical (unpaired) electrons. The molecule has 15 heavy (non-hydrogen) atoms. The van der Waals surface area contributed by atoms with Crippen molar-refractivity contribution in [1.82, 2.24) is 5.32 Å². The maximum absolute atomic E-state index is 12.6. The lowest BCUT2D eigenvalue weighted by atomic mass is 10.1. The minimum absolute atomic E-state index is 0.138. The van der Waals surface area contributed by atoms with Crippen LogP contribution in [-0.4, -0.2) is 19.3 Å². The summed E-state index contributed by atoms with van der Waals surface area (Å²) in [5.41, 5.74) is 5.38. The molecule has 0 bridgehead atoms. The molecule has 0 aliphatic heterocycles. The predicted molar refractivity (Wildman–Crippen MR) is 52.3 cm³/mol. The quantitative estimate of drug-likeness (QED) is 0.809. The molecule has 0 aromatic heterocycles. The summed E-state index contributed by atoms with van der Waals surface area (Å²) in [5.74, 6) is 0. The third-order valence-corrected chi connectivity index (χ3v) is 1.95. The maximum Gasteiger partial charge on any atom is 0.407 e. The average molecular weight is 218 g/mol. The molecule has 3 N–H and O–H groups in total. The highest BCUT2D eigenvalue weighted by Gasteiger charge is 2.40. The van der Waals surface area contributed by atoms with Crippen LogP contribution in [0.3, 0.4) is 0 Å². The van der Waals surface area contributed by atoms with Crippen molar-refractivity contribution in [2.24, 2.45) is 5.73 Å². The Labute approximate surface area is 86.3 Å². The summed E-state index contributed by atoms with van der Waals surface area (Å²) in [5, 5.41) is 2.38. The summed E-state index contributed by atoms with van der Waals surface area (Å²) in [6.45, 7) is 0.318. The van der Waals surface area contributed by atoms with Gasteiger partial charge < -0.3 is 11.1 Å². The molecule has 0 saturated heterocycles. The molecule has 2 nitrogen and oxygen atoms in total. The smallest absolute Gasteiger partial charge is 0.329 e. The molecule has 1 aromatic carbocycles. The monoisotopic (exact) mass is 218 g/mol. The summed E-state index contributed by atoms with van der Waals surface area (Å²) in [4.78, 5) is 0. The third-order valence-electron chi connectivity index (χ3n) is 1.95. The average Bonchev–Trinajstić information content (AvgIpc) is 2.18. The second-order valence-corrected chi connectivity index (χ2v) is 3.13. The van der Waals surface area contributed by atoms with Gasteiger partial charge >= 0.3 is 6.18 Å². The Morgan fingerprint density at radius 2 is 1.80 bits per heavy atom. The van der Waals surface area contributed by atoms with E-state index in [0.29, 0.717) is 0 Å². The lowest BCUT2D eigenvalue weighted by Crippen LogP contribution is -2.36. The number of hydrogen-bond donors (Lipinski definition) is 2. The van der Waals surface area contributed by atoms with E-state index in [1.54, 1.807) is 18.2 Å². The zero-order valence-corrected chi connectivity index (χ0v) is 8.09. The van der Waals surface area contributed by atoms with Gasteiger partial charge in [-0.3, -0.25) is 0 Å². The zero-order chi connectivity index (χ0) is 11.3. The first-order valence-electron chi connectivity index (χ1n) is 4.61. The Balaban J connectivity index is 2.82. The van der Waals surface area contributed by atoms with E-state index < -0.39 is 12.2 Å². The largest absolute Gasteiger partial charge is 0.407 e. The first-order chi connectivity index (χ1) is 7.05. The normalized spacial score (nSPS) is 13.9. The van der Waals surface area contributed by atoms with E-state index >= 15 is 0 Å². The fourth-order valence-electron chi connectivity index (χ4n) is 1.30. The van der Waals surface area contributed by atoms with E-state index in [0.717, 1.165) is 0 Å². The van der Waals surface area contributed by atoms with Crippen LogP contribution in [-0.2, 0) is 0 Å². The Morgan fingerprint density at radius 3 is 2.27 bits per heavy atom. The summed E-state index contributed by atoms with van der Waals surface area (Å²) < 4.78 is 37.9. The van der Waals surface area contributed by atoms with Gasteiger partial charge in [0.05, 0.1) is 0 Å². The molecule has 84 valence electrons. The molecular formula is C10H13F3N2. The van der Waals surface area contributed by atoms with Crippen LogP contribution in [0.4, 0.5) is 13.2 Å². The van der Waals surface area contributed by atoms with Crippen molar-refractivity contribution < 1.29 is 13.2 Å². The van der Waals surface area contributed by atoms with E-state index in [9.17, 15) is 13.2 Å². The van der Waals surface area contributed by atoms with Crippen LogP contribution in [0.15, 0.2) is 30.3 Å². The molecule has 1 rings (SSSR count). The molecule has 5 heteroatoms. The Hall–Kier alpha value is -1.07. The van der Waals surface area contributed by atoms with Gasteiger partial charge in [0, 0.05) is 13.1 Å². The van der Waals surface area contributed by atoms with E-state index in [2.05, 4.69) is 5.32 Å². The van der Waals surface area contributed by atoms with Crippen molar-refractivity contribution in [3.05, 3.63) is 35.9 Å².